The Morgan fingerprint density at radius 1 is 0.957 bits per heavy atom. The standard InChI is InChI=1S/C18H24N4S/c1-2-3-10-15-19-18(23)22(17-13-8-5-9-14-17)21-20-16-11-6-4-7-12-16/h4-9,11-14,20-21H,2-3,10,15H2,1H3,(H,19,23). The smallest absolute Gasteiger partial charge is 0.189 e. The summed E-state index contributed by atoms with van der Waals surface area (Å²) in [5, 5.41) is 5.80. The third-order valence-corrected chi connectivity index (χ3v) is 3.69. The molecule has 5 heteroatoms. The molecule has 2 aromatic carbocycles. The van der Waals surface area contributed by atoms with Crippen LogP contribution in [0.15, 0.2) is 60.7 Å². The first-order valence-corrected chi connectivity index (χ1v) is 8.42. The average Bonchev–Trinajstić information content (AvgIpc) is 2.61. The van der Waals surface area contributed by atoms with Gasteiger partial charge in [-0.1, -0.05) is 56.2 Å². The normalized spacial score (nSPS) is 10.1. The molecule has 0 atom stereocenters. The van der Waals surface area contributed by atoms with Gasteiger partial charge in [0.15, 0.2) is 5.11 Å². The Kier molecular flexibility index (Phi) is 7.36. The van der Waals surface area contributed by atoms with Crippen LogP contribution in [0, 0.1) is 0 Å². The van der Waals surface area contributed by atoms with Crippen molar-refractivity contribution in [3.63, 3.8) is 0 Å². The number of nitrogens with one attached hydrogen (secondary N) is 3. The number of rotatable bonds is 8. The monoisotopic (exact) mass is 328 g/mol. The number of para-hydroxylation sites is 2. The summed E-state index contributed by atoms with van der Waals surface area (Å²) in [6, 6.07) is 19.9. The zero-order valence-corrected chi connectivity index (χ0v) is 14.3. The lowest BCUT2D eigenvalue weighted by molar-refractivity contribution is 0.688. The van der Waals surface area contributed by atoms with E-state index >= 15 is 0 Å². The molecular formula is C18H24N4S. The molecule has 2 rings (SSSR count). The average molecular weight is 328 g/mol. The van der Waals surface area contributed by atoms with Crippen LogP contribution >= 0.6 is 12.2 Å². The molecule has 0 amide bonds. The highest BCUT2D eigenvalue weighted by Gasteiger charge is 2.11. The van der Waals surface area contributed by atoms with Crippen LogP contribution in [-0.4, -0.2) is 11.7 Å². The molecule has 0 aliphatic carbocycles. The largest absolute Gasteiger partial charge is 0.361 e. The van der Waals surface area contributed by atoms with Crippen LogP contribution in [0.2, 0.25) is 0 Å². The van der Waals surface area contributed by atoms with Gasteiger partial charge in [0.1, 0.15) is 0 Å². The third kappa shape index (κ3) is 5.88. The molecule has 0 spiro atoms. The van der Waals surface area contributed by atoms with E-state index in [4.69, 9.17) is 12.2 Å². The Hall–Kier alpha value is -2.11. The van der Waals surface area contributed by atoms with Gasteiger partial charge in [0.25, 0.3) is 0 Å². The van der Waals surface area contributed by atoms with Gasteiger partial charge in [0.2, 0.25) is 0 Å². The molecular weight excluding hydrogens is 304 g/mol. The summed E-state index contributed by atoms with van der Waals surface area (Å²) in [4.78, 5) is 0. The van der Waals surface area contributed by atoms with Crippen molar-refractivity contribution in [3.05, 3.63) is 60.7 Å². The number of hydrazine groups is 2. The van der Waals surface area contributed by atoms with E-state index in [1.165, 1.54) is 12.8 Å². The molecule has 2 aromatic rings. The summed E-state index contributed by atoms with van der Waals surface area (Å²) < 4.78 is 0. The summed E-state index contributed by atoms with van der Waals surface area (Å²) in [6.45, 7) is 3.07. The summed E-state index contributed by atoms with van der Waals surface area (Å²) in [5.74, 6) is 0. The maximum Gasteiger partial charge on any atom is 0.189 e. The van der Waals surface area contributed by atoms with Crippen molar-refractivity contribution < 1.29 is 0 Å². The lowest BCUT2D eigenvalue weighted by Crippen LogP contribution is -2.51. The van der Waals surface area contributed by atoms with Crippen molar-refractivity contribution in [2.24, 2.45) is 0 Å². The van der Waals surface area contributed by atoms with Crippen LogP contribution in [0.1, 0.15) is 26.2 Å². The quantitative estimate of drug-likeness (QED) is 0.387. The van der Waals surface area contributed by atoms with E-state index in [1.807, 2.05) is 65.7 Å². The second-order valence-corrected chi connectivity index (χ2v) is 5.60. The molecule has 4 nitrogen and oxygen atoms in total. The Morgan fingerprint density at radius 3 is 2.26 bits per heavy atom. The number of nitrogens with zero attached hydrogens (tertiary/aromatic N) is 1. The second-order valence-electron chi connectivity index (χ2n) is 5.21. The SMILES string of the molecule is CCCCCNC(=S)N(NNc1ccccc1)c1ccccc1. The number of thiocarbonyl (C=S) groups is 1. The summed E-state index contributed by atoms with van der Waals surface area (Å²) in [7, 11) is 0. The Bertz CT molecular complexity index is 574. The van der Waals surface area contributed by atoms with Gasteiger partial charge in [-0.15, -0.1) is 5.53 Å². The van der Waals surface area contributed by atoms with Gasteiger partial charge in [0.05, 0.1) is 11.4 Å². The number of anilines is 2. The molecule has 0 aliphatic rings. The van der Waals surface area contributed by atoms with E-state index in [2.05, 4.69) is 23.2 Å². The number of hydrogen-bond donors (Lipinski definition) is 3. The molecule has 0 saturated carbocycles. The minimum Gasteiger partial charge on any atom is -0.361 e. The maximum atomic E-state index is 5.53. The minimum atomic E-state index is 0.649. The molecule has 3 N–H and O–H groups in total. The fourth-order valence-corrected chi connectivity index (χ4v) is 2.35. The first-order valence-electron chi connectivity index (χ1n) is 8.01. The van der Waals surface area contributed by atoms with Gasteiger partial charge in [-0.3, -0.25) is 0 Å². The molecule has 0 fully saturated rings. The third-order valence-electron chi connectivity index (χ3n) is 3.36. The van der Waals surface area contributed by atoms with Crippen LogP contribution in [0.4, 0.5) is 11.4 Å². The fourth-order valence-electron chi connectivity index (χ4n) is 2.10. The van der Waals surface area contributed by atoms with Crippen molar-refractivity contribution in [3.8, 4) is 0 Å². The van der Waals surface area contributed by atoms with Crippen molar-refractivity contribution in [2.75, 3.05) is 17.0 Å². The molecule has 0 aliphatic heterocycles. The van der Waals surface area contributed by atoms with E-state index in [0.717, 1.165) is 24.3 Å². The summed E-state index contributed by atoms with van der Waals surface area (Å²) in [5.41, 5.74) is 8.30. The Morgan fingerprint density at radius 2 is 1.61 bits per heavy atom. The van der Waals surface area contributed by atoms with E-state index in [0.29, 0.717) is 5.11 Å². The van der Waals surface area contributed by atoms with Crippen LogP contribution < -0.4 is 21.3 Å². The van der Waals surface area contributed by atoms with Gasteiger partial charge in [-0.2, -0.15) is 0 Å². The van der Waals surface area contributed by atoms with Crippen molar-refractivity contribution in [2.45, 2.75) is 26.2 Å². The van der Waals surface area contributed by atoms with Gasteiger partial charge < -0.3 is 10.7 Å². The van der Waals surface area contributed by atoms with Crippen LogP contribution in [0.5, 0.6) is 0 Å². The highest BCUT2D eigenvalue weighted by Crippen LogP contribution is 2.12. The predicted octanol–water partition coefficient (Wildman–Crippen LogP) is 4.09. The van der Waals surface area contributed by atoms with Crippen molar-refractivity contribution in [1.82, 2.24) is 10.9 Å². The maximum absolute atomic E-state index is 5.53. The van der Waals surface area contributed by atoms with E-state index in [9.17, 15) is 0 Å². The second kappa shape index (κ2) is 9.82. The molecule has 0 heterocycles. The zero-order chi connectivity index (χ0) is 16.3. The molecule has 0 bridgehead atoms. The molecule has 0 radical (unpaired) electrons. The molecule has 23 heavy (non-hydrogen) atoms. The first kappa shape index (κ1) is 17.2. The summed E-state index contributed by atoms with van der Waals surface area (Å²) >= 11 is 5.53. The van der Waals surface area contributed by atoms with Crippen molar-refractivity contribution >= 4 is 28.7 Å². The Labute approximate surface area is 143 Å². The predicted molar refractivity (Wildman–Crippen MR) is 102 cm³/mol. The number of hydrogen-bond acceptors (Lipinski definition) is 3. The summed E-state index contributed by atoms with van der Waals surface area (Å²) in [6.07, 6.45) is 3.52. The number of unbranched alkanes of at least 4 members (excludes halogenated alkanes) is 2. The van der Waals surface area contributed by atoms with Gasteiger partial charge >= 0.3 is 0 Å². The van der Waals surface area contributed by atoms with Crippen LogP contribution in [-0.2, 0) is 0 Å². The van der Waals surface area contributed by atoms with Crippen molar-refractivity contribution in [1.29, 1.82) is 0 Å². The highest BCUT2D eigenvalue weighted by atomic mass is 32.1. The lowest BCUT2D eigenvalue weighted by Gasteiger charge is -2.27. The lowest BCUT2D eigenvalue weighted by atomic mass is 10.2. The van der Waals surface area contributed by atoms with Crippen LogP contribution in [0.25, 0.3) is 0 Å². The molecule has 0 aromatic heterocycles. The molecule has 0 saturated heterocycles. The number of benzene rings is 2. The van der Waals surface area contributed by atoms with Gasteiger partial charge in [0, 0.05) is 6.54 Å². The van der Waals surface area contributed by atoms with Gasteiger partial charge in [-0.05, 0) is 42.9 Å². The minimum absolute atomic E-state index is 0.649. The zero-order valence-electron chi connectivity index (χ0n) is 13.5. The Balaban J connectivity index is 1.98. The first-order chi connectivity index (χ1) is 11.3. The molecule has 0 unspecified atom stereocenters. The van der Waals surface area contributed by atoms with Gasteiger partial charge in [-0.25, -0.2) is 5.01 Å². The van der Waals surface area contributed by atoms with E-state index in [-0.39, 0.29) is 0 Å². The fraction of sp³-hybridized carbons (Fsp3) is 0.278. The van der Waals surface area contributed by atoms with E-state index < -0.39 is 0 Å². The van der Waals surface area contributed by atoms with E-state index in [1.54, 1.807) is 0 Å². The topological polar surface area (TPSA) is 39.3 Å². The van der Waals surface area contributed by atoms with Crippen LogP contribution in [0.3, 0.4) is 0 Å². The molecule has 122 valence electrons. The highest BCUT2D eigenvalue weighted by molar-refractivity contribution is 7.80.